The van der Waals surface area contributed by atoms with Crippen molar-refractivity contribution in [3.05, 3.63) is 31.8 Å². The van der Waals surface area contributed by atoms with Crippen molar-refractivity contribution in [3.63, 3.8) is 0 Å². The average Bonchev–Trinajstić information content (AvgIpc) is 2.39. The van der Waals surface area contributed by atoms with Gasteiger partial charge in [0.25, 0.3) is 0 Å². The molecule has 1 heterocycles. The second-order valence-corrected chi connectivity index (χ2v) is 4.05. The highest BCUT2D eigenvalue weighted by Crippen LogP contribution is 2.29. The second kappa shape index (κ2) is 2.76. The summed E-state index contributed by atoms with van der Waals surface area (Å²) >= 11 is 12.7. The summed E-state index contributed by atoms with van der Waals surface area (Å²) in [6, 6.07) is 3.45. The number of thiazole rings is 1. The number of hydrogen-bond donors (Lipinski definition) is 1. The van der Waals surface area contributed by atoms with E-state index >= 15 is 0 Å². The molecule has 12 heavy (non-hydrogen) atoms. The van der Waals surface area contributed by atoms with Crippen molar-refractivity contribution in [2.75, 3.05) is 0 Å². The number of halogens is 2. The number of aromatic amines is 1. The number of H-pyrrole nitrogens is 1. The van der Waals surface area contributed by atoms with E-state index in [0.29, 0.717) is 15.6 Å². The summed E-state index contributed by atoms with van der Waals surface area (Å²) in [6.45, 7) is 0. The Balaban J connectivity index is 2.99. The van der Waals surface area contributed by atoms with Crippen LogP contribution in [0.3, 0.4) is 0 Å². The van der Waals surface area contributed by atoms with Crippen molar-refractivity contribution in [3.8, 4) is 0 Å². The van der Waals surface area contributed by atoms with E-state index in [-0.39, 0.29) is 4.87 Å². The molecule has 0 aliphatic heterocycles. The van der Waals surface area contributed by atoms with Gasteiger partial charge in [0.1, 0.15) is 0 Å². The highest BCUT2D eigenvalue weighted by Gasteiger charge is 2.06. The molecule has 0 atom stereocenters. The van der Waals surface area contributed by atoms with E-state index in [1.807, 2.05) is 0 Å². The van der Waals surface area contributed by atoms with E-state index in [0.717, 1.165) is 16.0 Å². The highest BCUT2D eigenvalue weighted by atomic mass is 35.5. The van der Waals surface area contributed by atoms with Crippen molar-refractivity contribution in [1.29, 1.82) is 0 Å². The SMILES string of the molecule is O=c1[nH]c2c(Cl)c(Cl)ccc2s1. The lowest BCUT2D eigenvalue weighted by molar-refractivity contribution is 1.41. The van der Waals surface area contributed by atoms with Gasteiger partial charge in [-0.3, -0.25) is 4.79 Å². The van der Waals surface area contributed by atoms with Crippen molar-refractivity contribution < 1.29 is 0 Å². The molecule has 0 aliphatic carbocycles. The van der Waals surface area contributed by atoms with Gasteiger partial charge in [-0.25, -0.2) is 0 Å². The largest absolute Gasteiger partial charge is 0.311 e. The van der Waals surface area contributed by atoms with Gasteiger partial charge in [-0.05, 0) is 12.1 Å². The van der Waals surface area contributed by atoms with E-state index in [4.69, 9.17) is 23.2 Å². The summed E-state index contributed by atoms with van der Waals surface area (Å²) in [5, 5.41) is 0.866. The molecule has 0 saturated carbocycles. The fourth-order valence-electron chi connectivity index (χ4n) is 0.962. The third-order valence-electron chi connectivity index (χ3n) is 1.49. The normalized spacial score (nSPS) is 10.8. The molecular formula is C7H3Cl2NOS. The third-order valence-corrected chi connectivity index (χ3v) is 3.14. The molecule has 0 unspecified atom stereocenters. The minimum absolute atomic E-state index is 0.117. The van der Waals surface area contributed by atoms with E-state index < -0.39 is 0 Å². The van der Waals surface area contributed by atoms with Crippen molar-refractivity contribution in [1.82, 2.24) is 4.98 Å². The van der Waals surface area contributed by atoms with Crippen LogP contribution < -0.4 is 4.87 Å². The number of aromatic nitrogens is 1. The molecule has 62 valence electrons. The summed E-state index contributed by atoms with van der Waals surface area (Å²) in [5.41, 5.74) is 0.624. The van der Waals surface area contributed by atoms with E-state index in [1.165, 1.54) is 0 Å². The van der Waals surface area contributed by atoms with Gasteiger partial charge in [-0.1, -0.05) is 34.5 Å². The molecule has 0 saturated heterocycles. The molecule has 1 aromatic carbocycles. The predicted octanol–water partition coefficient (Wildman–Crippen LogP) is 2.90. The number of hydrogen-bond acceptors (Lipinski definition) is 2. The zero-order chi connectivity index (χ0) is 8.72. The molecule has 0 bridgehead atoms. The van der Waals surface area contributed by atoms with Crippen molar-refractivity contribution in [2.24, 2.45) is 0 Å². The van der Waals surface area contributed by atoms with Crippen LogP contribution in [-0.2, 0) is 0 Å². The summed E-state index contributed by atoms with van der Waals surface area (Å²) in [5.74, 6) is 0. The topological polar surface area (TPSA) is 32.9 Å². The van der Waals surface area contributed by atoms with Crippen LogP contribution in [-0.4, -0.2) is 4.98 Å². The molecular weight excluding hydrogens is 217 g/mol. The monoisotopic (exact) mass is 219 g/mol. The Hall–Kier alpha value is -0.510. The number of nitrogens with one attached hydrogen (secondary N) is 1. The first kappa shape index (κ1) is 8.10. The predicted molar refractivity (Wildman–Crippen MR) is 52.5 cm³/mol. The Labute approximate surface area is 81.7 Å². The molecule has 0 spiro atoms. The van der Waals surface area contributed by atoms with Crippen LogP contribution in [0.5, 0.6) is 0 Å². The lowest BCUT2D eigenvalue weighted by Gasteiger charge is -1.94. The molecule has 5 heteroatoms. The fourth-order valence-corrected chi connectivity index (χ4v) is 2.13. The second-order valence-electron chi connectivity index (χ2n) is 2.25. The van der Waals surface area contributed by atoms with Gasteiger partial charge < -0.3 is 4.98 Å². The van der Waals surface area contributed by atoms with Crippen LogP contribution in [0, 0.1) is 0 Å². The Morgan fingerprint density at radius 3 is 2.83 bits per heavy atom. The molecule has 2 rings (SSSR count). The molecule has 1 N–H and O–H groups in total. The van der Waals surface area contributed by atoms with Crippen LogP contribution in [0.1, 0.15) is 0 Å². The average molecular weight is 220 g/mol. The lowest BCUT2D eigenvalue weighted by Crippen LogP contribution is -1.89. The summed E-state index contributed by atoms with van der Waals surface area (Å²) in [7, 11) is 0. The van der Waals surface area contributed by atoms with Crippen LogP contribution in [0.15, 0.2) is 16.9 Å². The standard InChI is InChI=1S/C7H3Cl2NOS/c8-3-1-2-4-6(5(3)9)10-7(11)12-4/h1-2H,(H,10,11). The van der Waals surface area contributed by atoms with Gasteiger partial charge in [0.15, 0.2) is 0 Å². The minimum Gasteiger partial charge on any atom is -0.311 e. The van der Waals surface area contributed by atoms with E-state index in [2.05, 4.69) is 4.98 Å². The maximum Gasteiger partial charge on any atom is 0.305 e. The Kier molecular flexibility index (Phi) is 1.87. The van der Waals surface area contributed by atoms with Crippen LogP contribution in [0.25, 0.3) is 10.2 Å². The molecule has 2 aromatic rings. The van der Waals surface area contributed by atoms with Gasteiger partial charge in [0.05, 0.1) is 20.3 Å². The molecule has 0 fully saturated rings. The first-order chi connectivity index (χ1) is 5.68. The van der Waals surface area contributed by atoms with Gasteiger partial charge >= 0.3 is 4.87 Å². The highest BCUT2D eigenvalue weighted by molar-refractivity contribution is 7.16. The van der Waals surface area contributed by atoms with Crippen LogP contribution in [0.4, 0.5) is 0 Å². The molecule has 1 aromatic heterocycles. The van der Waals surface area contributed by atoms with E-state index in [1.54, 1.807) is 12.1 Å². The first-order valence-electron chi connectivity index (χ1n) is 3.15. The summed E-state index contributed by atoms with van der Waals surface area (Å²) in [4.78, 5) is 13.4. The number of benzene rings is 1. The number of fused-ring (bicyclic) bond motifs is 1. The minimum atomic E-state index is -0.117. The van der Waals surface area contributed by atoms with E-state index in [9.17, 15) is 4.79 Å². The Bertz CT molecular complexity index is 488. The summed E-state index contributed by atoms with van der Waals surface area (Å²) < 4.78 is 0.828. The first-order valence-corrected chi connectivity index (χ1v) is 4.72. The van der Waals surface area contributed by atoms with Gasteiger partial charge in [-0.15, -0.1) is 0 Å². The fraction of sp³-hybridized carbons (Fsp3) is 0. The zero-order valence-electron chi connectivity index (χ0n) is 5.73. The maximum absolute atomic E-state index is 10.9. The van der Waals surface area contributed by atoms with Crippen LogP contribution >= 0.6 is 34.5 Å². The van der Waals surface area contributed by atoms with Crippen LogP contribution in [0.2, 0.25) is 10.0 Å². The van der Waals surface area contributed by atoms with Crippen molar-refractivity contribution in [2.45, 2.75) is 0 Å². The quantitative estimate of drug-likeness (QED) is 0.727. The van der Waals surface area contributed by atoms with Gasteiger partial charge in [0, 0.05) is 0 Å². The molecule has 2 nitrogen and oxygen atoms in total. The Morgan fingerprint density at radius 2 is 2.08 bits per heavy atom. The maximum atomic E-state index is 10.9. The molecule has 0 radical (unpaired) electrons. The smallest absolute Gasteiger partial charge is 0.305 e. The summed E-state index contributed by atoms with van der Waals surface area (Å²) in [6.07, 6.45) is 0. The third kappa shape index (κ3) is 1.14. The zero-order valence-corrected chi connectivity index (χ0v) is 8.06. The molecule has 0 amide bonds. The van der Waals surface area contributed by atoms with Gasteiger partial charge in [0.2, 0.25) is 0 Å². The Morgan fingerprint density at radius 1 is 1.33 bits per heavy atom. The number of rotatable bonds is 0. The molecule has 0 aliphatic rings. The van der Waals surface area contributed by atoms with Gasteiger partial charge in [-0.2, -0.15) is 0 Å². The van der Waals surface area contributed by atoms with Crippen molar-refractivity contribution >= 4 is 44.8 Å². The lowest BCUT2D eigenvalue weighted by atomic mass is 10.3.